The Hall–Kier alpha value is -2.70. The van der Waals surface area contributed by atoms with Gasteiger partial charge >= 0.3 is 0 Å². The molecule has 6 heteroatoms. The number of ether oxygens (including phenoxy) is 1. The molecular weight excluding hydrogens is 388 g/mol. The van der Waals surface area contributed by atoms with Crippen LogP contribution in [0.3, 0.4) is 0 Å². The number of aromatic nitrogens is 2. The van der Waals surface area contributed by atoms with Crippen molar-refractivity contribution in [2.75, 3.05) is 39.4 Å². The molecule has 5 rings (SSSR count). The van der Waals surface area contributed by atoms with Gasteiger partial charge in [0.05, 0.1) is 24.9 Å². The van der Waals surface area contributed by atoms with Crippen LogP contribution in [0.4, 0.5) is 0 Å². The van der Waals surface area contributed by atoms with Crippen LogP contribution in [0.5, 0.6) is 0 Å². The first-order chi connectivity index (χ1) is 15.3. The highest BCUT2D eigenvalue weighted by atomic mass is 16.5. The Morgan fingerprint density at radius 2 is 1.90 bits per heavy atom. The fourth-order valence-electron chi connectivity index (χ4n) is 4.93. The number of amides is 1. The number of aromatic amines is 1. The Morgan fingerprint density at radius 3 is 2.81 bits per heavy atom. The Bertz CT molecular complexity index is 1040. The number of hydrogen-bond acceptors (Lipinski definition) is 4. The molecule has 0 spiro atoms. The number of hydrogen-bond donors (Lipinski definition) is 1. The number of carbonyl (C=O) groups is 1. The minimum Gasteiger partial charge on any atom is -0.379 e. The summed E-state index contributed by atoms with van der Waals surface area (Å²) >= 11 is 0. The topological polar surface area (TPSA) is 61.5 Å². The second kappa shape index (κ2) is 9.20. The third-order valence-corrected chi connectivity index (χ3v) is 6.55. The summed E-state index contributed by atoms with van der Waals surface area (Å²) < 4.78 is 5.90. The van der Waals surface area contributed by atoms with Gasteiger partial charge in [0.1, 0.15) is 0 Å². The van der Waals surface area contributed by atoms with Crippen molar-refractivity contribution in [2.45, 2.75) is 25.8 Å². The van der Waals surface area contributed by atoms with Crippen molar-refractivity contribution >= 4 is 16.8 Å². The lowest BCUT2D eigenvalue weighted by atomic mass is 9.96. The van der Waals surface area contributed by atoms with Crippen LogP contribution in [0, 0.1) is 5.92 Å². The predicted molar refractivity (Wildman–Crippen MR) is 121 cm³/mol. The molecule has 31 heavy (non-hydrogen) atoms. The summed E-state index contributed by atoms with van der Waals surface area (Å²) in [6, 6.07) is 14.4. The number of nitrogens with one attached hydrogen (secondary N) is 1. The van der Waals surface area contributed by atoms with Crippen molar-refractivity contribution in [1.82, 2.24) is 20.0 Å². The molecule has 0 saturated carbocycles. The van der Waals surface area contributed by atoms with Gasteiger partial charge in [-0.15, -0.1) is 0 Å². The van der Waals surface area contributed by atoms with Crippen LogP contribution < -0.4 is 0 Å². The average molecular weight is 419 g/mol. The molecule has 1 amide bonds. The van der Waals surface area contributed by atoms with Crippen molar-refractivity contribution in [3.05, 3.63) is 65.4 Å². The summed E-state index contributed by atoms with van der Waals surface area (Å²) in [6.07, 6.45) is 5.27. The van der Waals surface area contributed by atoms with Crippen LogP contribution in [-0.4, -0.2) is 65.3 Å². The van der Waals surface area contributed by atoms with E-state index in [0.717, 1.165) is 48.1 Å². The number of benzene rings is 2. The van der Waals surface area contributed by atoms with Crippen LogP contribution in [-0.2, 0) is 17.7 Å². The van der Waals surface area contributed by atoms with Gasteiger partial charge in [-0.05, 0) is 55.6 Å². The van der Waals surface area contributed by atoms with Gasteiger partial charge in [0, 0.05) is 36.5 Å². The molecule has 2 aromatic carbocycles. The first-order valence-corrected chi connectivity index (χ1v) is 11.4. The van der Waals surface area contributed by atoms with Crippen molar-refractivity contribution in [2.24, 2.45) is 5.92 Å². The molecule has 1 N–H and O–H groups in total. The molecule has 162 valence electrons. The number of rotatable bonds is 5. The van der Waals surface area contributed by atoms with Crippen molar-refractivity contribution < 1.29 is 9.53 Å². The number of nitrogens with zero attached hydrogens (tertiary/aromatic N) is 3. The van der Waals surface area contributed by atoms with E-state index in [0.29, 0.717) is 26.3 Å². The number of H-pyrrole nitrogens is 1. The van der Waals surface area contributed by atoms with E-state index in [9.17, 15) is 4.79 Å². The molecule has 6 nitrogen and oxygen atoms in total. The van der Waals surface area contributed by atoms with E-state index >= 15 is 0 Å². The Morgan fingerprint density at radius 1 is 1.06 bits per heavy atom. The van der Waals surface area contributed by atoms with E-state index in [2.05, 4.69) is 33.3 Å². The lowest BCUT2D eigenvalue weighted by Gasteiger charge is -2.25. The van der Waals surface area contributed by atoms with Gasteiger partial charge < -0.3 is 9.64 Å². The van der Waals surface area contributed by atoms with Gasteiger partial charge in [-0.3, -0.25) is 14.8 Å². The molecule has 2 aliphatic heterocycles. The smallest absolute Gasteiger partial charge is 0.254 e. The molecule has 3 aromatic rings. The van der Waals surface area contributed by atoms with Crippen LogP contribution in [0.25, 0.3) is 10.9 Å². The van der Waals surface area contributed by atoms with Crippen LogP contribution in [0.15, 0.2) is 48.7 Å². The zero-order valence-corrected chi connectivity index (χ0v) is 17.9. The first kappa shape index (κ1) is 20.2. The van der Waals surface area contributed by atoms with E-state index in [1.54, 1.807) is 0 Å². The first-order valence-electron chi connectivity index (χ1n) is 11.4. The SMILES string of the molecule is O=C(c1ccccc1CN1CCCC1)N1CCOC[C@@H](Cc2cccc3[nH]ncc23)C1. The fraction of sp³-hybridized carbons (Fsp3) is 0.440. The molecule has 2 fully saturated rings. The molecule has 2 aliphatic rings. The summed E-state index contributed by atoms with van der Waals surface area (Å²) in [5, 5.41) is 8.38. The highest BCUT2D eigenvalue weighted by Crippen LogP contribution is 2.23. The Labute approximate surface area is 183 Å². The fourth-order valence-corrected chi connectivity index (χ4v) is 4.93. The zero-order chi connectivity index (χ0) is 21.0. The van der Waals surface area contributed by atoms with Gasteiger partial charge in [0.25, 0.3) is 5.91 Å². The molecule has 3 heterocycles. The molecule has 0 aliphatic carbocycles. The maximum atomic E-state index is 13.6. The minimum atomic E-state index is 0.131. The quantitative estimate of drug-likeness (QED) is 0.689. The monoisotopic (exact) mass is 418 g/mol. The largest absolute Gasteiger partial charge is 0.379 e. The standard InChI is InChI=1S/C25H30N4O2/c30-25(22-8-2-1-6-21(22)17-28-10-3-4-11-28)29-12-13-31-18-19(16-29)14-20-7-5-9-24-23(20)15-26-27-24/h1-2,5-9,15,19H,3-4,10-14,16-18H2,(H,26,27)/t19-/m0/s1. The maximum Gasteiger partial charge on any atom is 0.254 e. The zero-order valence-electron chi connectivity index (χ0n) is 17.9. The minimum absolute atomic E-state index is 0.131. The van der Waals surface area contributed by atoms with Crippen LogP contribution >= 0.6 is 0 Å². The lowest BCUT2D eigenvalue weighted by molar-refractivity contribution is 0.0735. The molecule has 2 saturated heterocycles. The molecule has 1 aromatic heterocycles. The van der Waals surface area contributed by atoms with Gasteiger partial charge in [-0.2, -0.15) is 5.10 Å². The second-order valence-electron chi connectivity index (χ2n) is 8.79. The summed E-state index contributed by atoms with van der Waals surface area (Å²) in [5.41, 5.74) is 4.28. The number of carbonyl (C=O) groups excluding carboxylic acids is 1. The van der Waals surface area contributed by atoms with Crippen LogP contribution in [0.1, 0.15) is 34.3 Å². The van der Waals surface area contributed by atoms with Gasteiger partial charge in [-0.25, -0.2) is 0 Å². The van der Waals surface area contributed by atoms with Crippen molar-refractivity contribution in [1.29, 1.82) is 0 Å². The van der Waals surface area contributed by atoms with Crippen LogP contribution in [0.2, 0.25) is 0 Å². The molecule has 0 radical (unpaired) electrons. The van der Waals surface area contributed by atoms with Gasteiger partial charge in [0.15, 0.2) is 0 Å². The molecular formula is C25H30N4O2. The Kier molecular flexibility index (Phi) is 6.00. The van der Waals surface area contributed by atoms with E-state index in [4.69, 9.17) is 4.74 Å². The highest BCUT2D eigenvalue weighted by Gasteiger charge is 2.26. The van der Waals surface area contributed by atoms with Gasteiger partial charge in [0.2, 0.25) is 0 Å². The predicted octanol–water partition coefficient (Wildman–Crippen LogP) is 3.49. The molecule has 1 atom stereocenters. The third-order valence-electron chi connectivity index (χ3n) is 6.55. The summed E-state index contributed by atoms with van der Waals surface area (Å²) in [7, 11) is 0. The van der Waals surface area contributed by atoms with E-state index in [1.807, 2.05) is 35.4 Å². The Balaban J connectivity index is 1.33. The molecule has 0 bridgehead atoms. The van der Waals surface area contributed by atoms with E-state index in [1.165, 1.54) is 18.4 Å². The lowest BCUT2D eigenvalue weighted by Crippen LogP contribution is -2.37. The maximum absolute atomic E-state index is 13.6. The normalized spacial score (nSPS) is 20.3. The van der Waals surface area contributed by atoms with Gasteiger partial charge in [-0.1, -0.05) is 30.3 Å². The summed E-state index contributed by atoms with van der Waals surface area (Å²) in [5.74, 6) is 0.393. The summed E-state index contributed by atoms with van der Waals surface area (Å²) in [4.78, 5) is 18.0. The second-order valence-corrected chi connectivity index (χ2v) is 8.79. The highest BCUT2D eigenvalue weighted by molar-refractivity contribution is 5.95. The average Bonchev–Trinajstić information content (AvgIpc) is 3.43. The van der Waals surface area contributed by atoms with E-state index < -0.39 is 0 Å². The third kappa shape index (κ3) is 4.50. The number of likely N-dealkylation sites (tertiary alicyclic amines) is 1. The van der Waals surface area contributed by atoms with Crippen molar-refractivity contribution in [3.63, 3.8) is 0 Å². The van der Waals surface area contributed by atoms with Crippen molar-refractivity contribution in [3.8, 4) is 0 Å². The molecule has 0 unspecified atom stereocenters. The van der Waals surface area contributed by atoms with E-state index in [-0.39, 0.29) is 11.8 Å². The number of fused-ring (bicyclic) bond motifs is 1. The summed E-state index contributed by atoms with van der Waals surface area (Å²) in [6.45, 7) is 5.73.